The first-order chi connectivity index (χ1) is 14.5. The summed E-state index contributed by atoms with van der Waals surface area (Å²) in [4.78, 5) is 45.1. The molecule has 0 unspecified atom stereocenters. The van der Waals surface area contributed by atoms with Gasteiger partial charge < -0.3 is 15.6 Å². The standard InChI is InChI=1S/C21H20N6O3/c1-27-19-18(20(29)26-21(27)30)24-16(25-19)11-12-17(28)23-15-9-7-14(8-10-15)22-13-5-3-2-4-6-13/h2-10,22H,11-12H2,1H3,(H,23,28)(H,24,25)(H,26,29,30). The number of carbonyl (C=O) groups excluding carboxylic acids is 1. The fourth-order valence-electron chi connectivity index (χ4n) is 3.05. The third-order valence-corrected chi connectivity index (χ3v) is 4.62. The average Bonchev–Trinajstić information content (AvgIpc) is 3.18. The van der Waals surface area contributed by atoms with Crippen molar-refractivity contribution in [3.8, 4) is 0 Å². The normalized spacial score (nSPS) is 10.8. The van der Waals surface area contributed by atoms with Crippen molar-refractivity contribution in [1.82, 2.24) is 19.5 Å². The maximum absolute atomic E-state index is 12.3. The van der Waals surface area contributed by atoms with Crippen molar-refractivity contribution in [3.63, 3.8) is 0 Å². The van der Waals surface area contributed by atoms with Crippen LogP contribution in [0.2, 0.25) is 0 Å². The van der Waals surface area contributed by atoms with E-state index in [2.05, 4.69) is 25.6 Å². The number of fused-ring (bicyclic) bond motifs is 1. The van der Waals surface area contributed by atoms with E-state index in [0.29, 0.717) is 17.9 Å². The van der Waals surface area contributed by atoms with E-state index in [4.69, 9.17) is 0 Å². The number of anilines is 3. The number of hydrogen-bond donors (Lipinski definition) is 4. The molecular formula is C21H20N6O3. The highest BCUT2D eigenvalue weighted by Gasteiger charge is 2.12. The Kier molecular flexibility index (Phi) is 5.17. The molecule has 2 heterocycles. The molecule has 2 aromatic heterocycles. The number of imidazole rings is 1. The second-order valence-electron chi connectivity index (χ2n) is 6.82. The topological polar surface area (TPSA) is 125 Å². The number of benzene rings is 2. The van der Waals surface area contributed by atoms with Crippen LogP contribution in [0.5, 0.6) is 0 Å². The van der Waals surface area contributed by atoms with Crippen molar-refractivity contribution in [2.24, 2.45) is 7.05 Å². The Hall–Kier alpha value is -4.14. The summed E-state index contributed by atoms with van der Waals surface area (Å²) in [5.41, 5.74) is 2.00. The molecule has 0 radical (unpaired) electrons. The number of aromatic amines is 2. The molecule has 4 N–H and O–H groups in total. The summed E-state index contributed by atoms with van der Waals surface area (Å²) in [5.74, 6) is 0.288. The number of aromatic nitrogens is 4. The molecule has 1 amide bonds. The van der Waals surface area contributed by atoms with Gasteiger partial charge in [-0.2, -0.15) is 0 Å². The van der Waals surface area contributed by atoms with Crippen LogP contribution in [0.25, 0.3) is 11.2 Å². The molecule has 0 fully saturated rings. The fourth-order valence-corrected chi connectivity index (χ4v) is 3.05. The summed E-state index contributed by atoms with van der Waals surface area (Å²) in [6.45, 7) is 0. The lowest BCUT2D eigenvalue weighted by atomic mass is 10.2. The predicted molar refractivity (Wildman–Crippen MR) is 115 cm³/mol. The van der Waals surface area contributed by atoms with Gasteiger partial charge in [0.1, 0.15) is 11.3 Å². The quantitative estimate of drug-likeness (QED) is 0.392. The lowest BCUT2D eigenvalue weighted by molar-refractivity contribution is -0.116. The summed E-state index contributed by atoms with van der Waals surface area (Å²) >= 11 is 0. The number of aryl methyl sites for hydroxylation is 2. The summed E-state index contributed by atoms with van der Waals surface area (Å²) in [7, 11) is 1.52. The van der Waals surface area contributed by atoms with Gasteiger partial charge in [0.25, 0.3) is 5.56 Å². The minimum absolute atomic E-state index is 0.176. The van der Waals surface area contributed by atoms with Gasteiger partial charge in [0.2, 0.25) is 5.91 Å². The van der Waals surface area contributed by atoms with Gasteiger partial charge in [0, 0.05) is 37.0 Å². The van der Waals surface area contributed by atoms with E-state index in [0.717, 1.165) is 11.4 Å². The zero-order valence-corrected chi connectivity index (χ0v) is 16.2. The number of carbonyl (C=O) groups is 1. The third kappa shape index (κ3) is 4.14. The van der Waals surface area contributed by atoms with Crippen LogP contribution in [0.3, 0.4) is 0 Å². The zero-order valence-electron chi connectivity index (χ0n) is 16.2. The second-order valence-corrected chi connectivity index (χ2v) is 6.82. The lowest BCUT2D eigenvalue weighted by Gasteiger charge is -2.08. The number of para-hydroxylation sites is 1. The minimum atomic E-state index is -0.534. The number of hydrogen-bond acceptors (Lipinski definition) is 5. The van der Waals surface area contributed by atoms with Crippen molar-refractivity contribution in [2.75, 3.05) is 10.6 Å². The predicted octanol–water partition coefficient (Wildman–Crippen LogP) is 2.26. The Morgan fingerprint density at radius 3 is 2.37 bits per heavy atom. The van der Waals surface area contributed by atoms with Crippen LogP contribution < -0.4 is 21.9 Å². The van der Waals surface area contributed by atoms with E-state index in [9.17, 15) is 14.4 Å². The van der Waals surface area contributed by atoms with E-state index in [1.807, 2.05) is 54.6 Å². The fraction of sp³-hybridized carbons (Fsp3) is 0.143. The SMILES string of the molecule is Cn1c(=O)[nH]c(=O)c2[nH]c(CCC(=O)Nc3ccc(Nc4ccccc4)cc3)nc21. The first kappa shape index (κ1) is 19.2. The Balaban J connectivity index is 1.36. The summed E-state index contributed by atoms with van der Waals surface area (Å²) in [6.07, 6.45) is 0.484. The molecule has 0 saturated carbocycles. The molecule has 0 bridgehead atoms. The highest BCUT2D eigenvalue weighted by atomic mass is 16.2. The van der Waals surface area contributed by atoms with Crippen LogP contribution in [0.15, 0.2) is 64.2 Å². The molecule has 0 saturated heterocycles. The maximum Gasteiger partial charge on any atom is 0.329 e. The molecule has 0 aliphatic heterocycles. The van der Waals surface area contributed by atoms with E-state index in [-0.39, 0.29) is 23.5 Å². The van der Waals surface area contributed by atoms with E-state index in [1.165, 1.54) is 11.6 Å². The van der Waals surface area contributed by atoms with Crippen LogP contribution >= 0.6 is 0 Å². The van der Waals surface area contributed by atoms with Gasteiger partial charge in [-0.15, -0.1) is 0 Å². The average molecular weight is 404 g/mol. The summed E-state index contributed by atoms with van der Waals surface area (Å²) in [6, 6.07) is 17.2. The minimum Gasteiger partial charge on any atom is -0.356 e. The molecule has 0 aliphatic carbocycles. The van der Waals surface area contributed by atoms with Crippen molar-refractivity contribution < 1.29 is 4.79 Å². The second kappa shape index (κ2) is 8.08. The molecule has 4 rings (SSSR count). The first-order valence-corrected chi connectivity index (χ1v) is 9.39. The highest BCUT2D eigenvalue weighted by molar-refractivity contribution is 5.91. The Morgan fingerprint density at radius 1 is 0.967 bits per heavy atom. The van der Waals surface area contributed by atoms with Crippen LogP contribution in [-0.4, -0.2) is 25.4 Å². The molecule has 152 valence electrons. The Labute approximate surface area is 170 Å². The van der Waals surface area contributed by atoms with Crippen LogP contribution in [0, 0.1) is 0 Å². The van der Waals surface area contributed by atoms with Crippen molar-refractivity contribution in [1.29, 1.82) is 0 Å². The van der Waals surface area contributed by atoms with Gasteiger partial charge in [-0.25, -0.2) is 9.78 Å². The van der Waals surface area contributed by atoms with Crippen molar-refractivity contribution >= 4 is 34.1 Å². The number of rotatable bonds is 6. The van der Waals surface area contributed by atoms with Crippen LogP contribution in [-0.2, 0) is 18.3 Å². The van der Waals surface area contributed by atoms with Gasteiger partial charge in [-0.1, -0.05) is 18.2 Å². The van der Waals surface area contributed by atoms with Gasteiger partial charge in [-0.3, -0.25) is 19.1 Å². The molecule has 0 spiro atoms. The molecular weight excluding hydrogens is 384 g/mol. The van der Waals surface area contributed by atoms with Gasteiger partial charge in [0.15, 0.2) is 5.65 Å². The molecule has 0 atom stereocenters. The van der Waals surface area contributed by atoms with E-state index >= 15 is 0 Å². The largest absolute Gasteiger partial charge is 0.356 e. The van der Waals surface area contributed by atoms with Gasteiger partial charge >= 0.3 is 5.69 Å². The molecule has 9 nitrogen and oxygen atoms in total. The highest BCUT2D eigenvalue weighted by Crippen LogP contribution is 2.18. The molecule has 4 aromatic rings. The van der Waals surface area contributed by atoms with Crippen molar-refractivity contribution in [3.05, 3.63) is 81.3 Å². The lowest BCUT2D eigenvalue weighted by Crippen LogP contribution is -2.28. The molecule has 0 aliphatic rings. The molecule has 30 heavy (non-hydrogen) atoms. The monoisotopic (exact) mass is 404 g/mol. The third-order valence-electron chi connectivity index (χ3n) is 4.62. The Bertz CT molecular complexity index is 1300. The maximum atomic E-state index is 12.3. The van der Waals surface area contributed by atoms with Gasteiger partial charge in [0.05, 0.1) is 0 Å². The smallest absolute Gasteiger partial charge is 0.329 e. The van der Waals surface area contributed by atoms with E-state index < -0.39 is 11.2 Å². The molecule has 9 heteroatoms. The van der Waals surface area contributed by atoms with Crippen LogP contribution in [0.1, 0.15) is 12.2 Å². The van der Waals surface area contributed by atoms with Crippen molar-refractivity contribution in [2.45, 2.75) is 12.8 Å². The number of nitrogens with zero attached hydrogens (tertiary/aromatic N) is 2. The number of amides is 1. The van der Waals surface area contributed by atoms with Crippen LogP contribution in [0.4, 0.5) is 17.1 Å². The number of nitrogens with one attached hydrogen (secondary N) is 4. The van der Waals surface area contributed by atoms with E-state index in [1.54, 1.807) is 0 Å². The zero-order chi connectivity index (χ0) is 21.1. The summed E-state index contributed by atoms with van der Waals surface area (Å²) < 4.78 is 1.25. The number of H-pyrrole nitrogens is 2. The first-order valence-electron chi connectivity index (χ1n) is 9.39. The molecule has 2 aromatic carbocycles. The summed E-state index contributed by atoms with van der Waals surface area (Å²) in [5, 5.41) is 6.12. The Morgan fingerprint density at radius 2 is 1.63 bits per heavy atom. The van der Waals surface area contributed by atoms with Gasteiger partial charge in [-0.05, 0) is 36.4 Å².